The van der Waals surface area contributed by atoms with Crippen LogP contribution in [0.3, 0.4) is 0 Å². The Kier molecular flexibility index (Phi) is 10.7. The first-order chi connectivity index (χ1) is 14.9. The number of likely N-dealkylation sites (N-methyl/N-ethyl adjacent to an activating group) is 1. The molecule has 5 heteroatoms. The fourth-order valence-electron chi connectivity index (χ4n) is 3.44. The highest BCUT2D eigenvalue weighted by Crippen LogP contribution is 2.22. The Morgan fingerprint density at radius 2 is 1.35 bits per heavy atom. The highest BCUT2D eigenvalue weighted by atomic mass is 16.5. The number of azo groups is 1. The number of aliphatic hydroxyl groups is 1. The topological polar surface area (TPSA) is 54.2 Å². The second-order valence-corrected chi connectivity index (χ2v) is 9.32. The molecule has 2 rings (SSSR count). The van der Waals surface area contributed by atoms with Crippen LogP contribution in [-0.2, 0) is 6.42 Å². The maximum Gasteiger partial charge on any atom is 0.137 e. The summed E-state index contributed by atoms with van der Waals surface area (Å²) >= 11 is 0. The number of rotatable bonds is 14. The van der Waals surface area contributed by atoms with E-state index in [4.69, 9.17) is 4.74 Å². The van der Waals surface area contributed by atoms with Gasteiger partial charge in [-0.3, -0.25) is 0 Å². The van der Waals surface area contributed by atoms with Crippen molar-refractivity contribution in [3.8, 4) is 5.75 Å². The normalized spacial score (nSPS) is 12.9. The van der Waals surface area contributed by atoms with Gasteiger partial charge in [0.25, 0.3) is 0 Å². The predicted octanol–water partition coefficient (Wildman–Crippen LogP) is 6.45. The Labute approximate surface area is 188 Å². The van der Waals surface area contributed by atoms with Crippen molar-refractivity contribution in [2.75, 3.05) is 34.3 Å². The van der Waals surface area contributed by atoms with Gasteiger partial charge >= 0.3 is 0 Å². The third-order valence-electron chi connectivity index (χ3n) is 5.07. The molecule has 0 bridgehead atoms. The summed E-state index contributed by atoms with van der Waals surface area (Å²) in [5, 5.41) is 18.7. The fourth-order valence-corrected chi connectivity index (χ4v) is 3.44. The monoisotopic (exact) mass is 426 g/mol. The van der Waals surface area contributed by atoms with Crippen molar-refractivity contribution in [3.05, 3.63) is 54.1 Å². The Hall–Kier alpha value is -2.24. The first-order valence-electron chi connectivity index (χ1n) is 11.6. The van der Waals surface area contributed by atoms with E-state index < -0.39 is 6.10 Å². The molecule has 31 heavy (non-hydrogen) atoms. The lowest BCUT2D eigenvalue weighted by Gasteiger charge is -2.26. The molecule has 0 amide bonds. The summed E-state index contributed by atoms with van der Waals surface area (Å²) < 4.78 is 6.37. The van der Waals surface area contributed by atoms with E-state index in [1.807, 2.05) is 57.5 Å². The number of unbranched alkanes of at least 4 members (excludes halogenated alkanes) is 5. The van der Waals surface area contributed by atoms with Crippen molar-refractivity contribution < 1.29 is 14.3 Å². The third kappa shape index (κ3) is 11.1. The molecule has 0 fully saturated rings. The molecule has 0 saturated heterocycles. The van der Waals surface area contributed by atoms with Gasteiger partial charge in [-0.2, -0.15) is 10.2 Å². The molecule has 1 N–H and O–H groups in total. The Bertz CT molecular complexity index is 765. The average Bonchev–Trinajstić information content (AvgIpc) is 2.73. The number of quaternary nitrogens is 1. The van der Waals surface area contributed by atoms with Gasteiger partial charge in [-0.25, -0.2) is 0 Å². The molecule has 1 atom stereocenters. The second kappa shape index (κ2) is 13.2. The third-order valence-corrected chi connectivity index (χ3v) is 5.07. The van der Waals surface area contributed by atoms with Crippen LogP contribution in [0.2, 0.25) is 0 Å². The summed E-state index contributed by atoms with van der Waals surface area (Å²) in [4.78, 5) is 0. The molecule has 2 aromatic carbocycles. The van der Waals surface area contributed by atoms with Crippen LogP contribution in [0.5, 0.6) is 5.75 Å². The van der Waals surface area contributed by atoms with Gasteiger partial charge in [-0.1, -0.05) is 51.2 Å². The van der Waals surface area contributed by atoms with Gasteiger partial charge in [0.05, 0.1) is 32.5 Å². The molecule has 0 spiro atoms. The molecular formula is C26H40N3O2+. The van der Waals surface area contributed by atoms with Crippen molar-refractivity contribution in [2.24, 2.45) is 10.2 Å². The minimum atomic E-state index is -0.497. The lowest BCUT2D eigenvalue weighted by atomic mass is 10.0. The minimum Gasteiger partial charge on any atom is -0.491 e. The Morgan fingerprint density at radius 1 is 0.806 bits per heavy atom. The summed E-state index contributed by atoms with van der Waals surface area (Å²) in [6, 6.07) is 15.8. The fraction of sp³-hybridized carbons (Fsp3) is 0.538. The van der Waals surface area contributed by atoms with Gasteiger partial charge in [-0.05, 0) is 54.8 Å². The standard InChI is InChI=1S/C26H40N3O2/c1-5-6-7-8-9-10-11-22-12-14-23(15-13-22)27-28-24-16-18-26(19-17-24)31-21-25(30)20-29(2,3)4/h12-19,25,30H,5-11,20-21H2,1-4H3/q+1. The molecule has 0 aromatic heterocycles. The quantitative estimate of drug-likeness (QED) is 0.214. The van der Waals surface area contributed by atoms with Gasteiger partial charge in [0.15, 0.2) is 0 Å². The largest absolute Gasteiger partial charge is 0.491 e. The van der Waals surface area contributed by atoms with Crippen molar-refractivity contribution in [3.63, 3.8) is 0 Å². The van der Waals surface area contributed by atoms with E-state index in [-0.39, 0.29) is 6.61 Å². The number of ether oxygens (including phenoxy) is 1. The Morgan fingerprint density at radius 3 is 1.94 bits per heavy atom. The van der Waals surface area contributed by atoms with Crippen LogP contribution in [0.1, 0.15) is 51.0 Å². The second-order valence-electron chi connectivity index (χ2n) is 9.32. The zero-order chi connectivity index (χ0) is 22.5. The average molecular weight is 427 g/mol. The molecule has 0 aliphatic carbocycles. The van der Waals surface area contributed by atoms with Crippen molar-refractivity contribution in [2.45, 2.75) is 58.0 Å². The number of benzene rings is 2. The summed E-state index contributed by atoms with van der Waals surface area (Å²) in [5.41, 5.74) is 2.99. The lowest BCUT2D eigenvalue weighted by Crippen LogP contribution is -2.43. The molecule has 0 radical (unpaired) electrons. The van der Waals surface area contributed by atoms with Crippen LogP contribution in [0.25, 0.3) is 0 Å². The molecule has 5 nitrogen and oxygen atoms in total. The van der Waals surface area contributed by atoms with Gasteiger partial charge in [-0.15, -0.1) is 0 Å². The molecule has 1 unspecified atom stereocenters. The van der Waals surface area contributed by atoms with Crippen LogP contribution in [0, 0.1) is 0 Å². The van der Waals surface area contributed by atoms with Gasteiger partial charge < -0.3 is 14.3 Å². The summed E-state index contributed by atoms with van der Waals surface area (Å²) in [7, 11) is 6.14. The van der Waals surface area contributed by atoms with Crippen LogP contribution in [0.4, 0.5) is 11.4 Å². The Balaban J connectivity index is 1.75. The van der Waals surface area contributed by atoms with E-state index in [1.165, 1.54) is 44.1 Å². The minimum absolute atomic E-state index is 0.279. The number of nitrogens with zero attached hydrogens (tertiary/aromatic N) is 3. The van der Waals surface area contributed by atoms with Crippen molar-refractivity contribution in [1.82, 2.24) is 0 Å². The molecule has 170 valence electrons. The van der Waals surface area contributed by atoms with Crippen molar-refractivity contribution in [1.29, 1.82) is 0 Å². The van der Waals surface area contributed by atoms with E-state index in [2.05, 4.69) is 29.3 Å². The first-order valence-corrected chi connectivity index (χ1v) is 11.6. The van der Waals surface area contributed by atoms with E-state index in [0.29, 0.717) is 11.0 Å². The summed E-state index contributed by atoms with van der Waals surface area (Å²) in [5.74, 6) is 0.721. The van der Waals surface area contributed by atoms with Crippen molar-refractivity contribution >= 4 is 11.4 Å². The molecular weight excluding hydrogens is 386 g/mol. The zero-order valence-electron chi connectivity index (χ0n) is 19.8. The molecule has 0 heterocycles. The van der Waals surface area contributed by atoms with E-state index in [0.717, 1.165) is 23.5 Å². The molecule has 0 saturated carbocycles. The summed E-state index contributed by atoms with van der Waals surface area (Å²) in [6.07, 6.45) is 8.58. The maximum atomic E-state index is 10.0. The first kappa shape index (κ1) is 25.0. The molecule has 0 aliphatic heterocycles. The highest BCUT2D eigenvalue weighted by molar-refractivity contribution is 5.43. The maximum absolute atomic E-state index is 10.0. The van der Waals surface area contributed by atoms with Gasteiger partial charge in [0.1, 0.15) is 25.0 Å². The smallest absolute Gasteiger partial charge is 0.137 e. The van der Waals surface area contributed by atoms with E-state index in [9.17, 15) is 5.11 Å². The van der Waals surface area contributed by atoms with Gasteiger partial charge in [0.2, 0.25) is 0 Å². The number of hydrogen-bond acceptors (Lipinski definition) is 4. The van der Waals surface area contributed by atoms with E-state index in [1.54, 1.807) is 0 Å². The van der Waals surface area contributed by atoms with Crippen LogP contribution < -0.4 is 4.74 Å². The predicted molar refractivity (Wildman–Crippen MR) is 129 cm³/mol. The van der Waals surface area contributed by atoms with Crippen LogP contribution in [-0.4, -0.2) is 50.0 Å². The van der Waals surface area contributed by atoms with E-state index >= 15 is 0 Å². The lowest BCUT2D eigenvalue weighted by molar-refractivity contribution is -0.873. The highest BCUT2D eigenvalue weighted by Gasteiger charge is 2.15. The molecule has 0 aliphatic rings. The summed E-state index contributed by atoms with van der Waals surface area (Å²) in [6.45, 7) is 3.18. The number of aliphatic hydroxyl groups excluding tert-OH is 1. The SMILES string of the molecule is CCCCCCCCc1ccc(N=Nc2ccc(OCC(O)C[N+](C)(C)C)cc2)cc1. The van der Waals surface area contributed by atoms with Gasteiger partial charge in [0, 0.05) is 0 Å². The van der Waals surface area contributed by atoms with Crippen LogP contribution in [0.15, 0.2) is 58.8 Å². The van der Waals surface area contributed by atoms with Crippen LogP contribution >= 0.6 is 0 Å². The molecule has 2 aromatic rings. The zero-order valence-corrected chi connectivity index (χ0v) is 19.8. The number of aryl methyl sites for hydroxylation is 1. The number of hydrogen-bond donors (Lipinski definition) is 1.